The summed E-state index contributed by atoms with van der Waals surface area (Å²) in [4.78, 5) is 10.5. The highest BCUT2D eigenvalue weighted by Gasteiger charge is 2.51. The molecule has 0 N–H and O–H groups in total. The van der Waals surface area contributed by atoms with Crippen molar-refractivity contribution in [2.24, 2.45) is 0 Å². The molecule has 2 aromatic heterocycles. The van der Waals surface area contributed by atoms with Crippen molar-refractivity contribution >= 4 is 32.7 Å². The van der Waals surface area contributed by atoms with Crippen molar-refractivity contribution in [2.75, 3.05) is 0 Å². The highest BCUT2D eigenvalue weighted by molar-refractivity contribution is 6.09. The van der Waals surface area contributed by atoms with E-state index >= 15 is 0 Å². The third-order valence-electron chi connectivity index (χ3n) is 12.9. The second-order valence-electron chi connectivity index (χ2n) is 16.1. The Bertz CT molecular complexity index is 3470. The molecule has 284 valence electrons. The minimum absolute atomic E-state index is 0.583. The van der Waals surface area contributed by atoms with E-state index in [1.807, 2.05) is 0 Å². The van der Waals surface area contributed by atoms with E-state index in [0.29, 0.717) is 5.95 Å². The van der Waals surface area contributed by atoms with Crippen LogP contribution in [0.2, 0.25) is 0 Å². The van der Waals surface area contributed by atoms with E-state index in [1.54, 1.807) is 0 Å². The van der Waals surface area contributed by atoms with Crippen LogP contribution < -0.4 is 4.74 Å². The lowest BCUT2D eigenvalue weighted by Crippen LogP contribution is -2.32. The fourth-order valence-electron chi connectivity index (χ4n) is 10.2. The standard InChI is InChI=1S/C57H35N3O/c1-2-14-36(15-3-1)39-30-32-41-42-33-31-40(35-49(42)57(48(41)34-39)46-19-7-12-24-53(46)61-54-25-13-8-20-47(54)57)37-26-28-38(29-27-37)55-45-18-4-9-21-50(45)58-56(59-55)60-51-22-10-5-16-43(51)44-17-6-11-23-52(44)60/h1-35H. The number of hydrogen-bond acceptors (Lipinski definition) is 3. The highest BCUT2D eigenvalue weighted by Crippen LogP contribution is 2.62. The van der Waals surface area contributed by atoms with Gasteiger partial charge in [0.15, 0.2) is 0 Å². The second kappa shape index (κ2) is 13.0. The molecule has 0 atom stereocenters. The normalized spacial score (nSPS) is 13.2. The minimum atomic E-state index is -0.583. The van der Waals surface area contributed by atoms with Gasteiger partial charge in [0, 0.05) is 32.8 Å². The Morgan fingerprint density at radius 2 is 0.836 bits per heavy atom. The molecular formula is C57H35N3O. The zero-order valence-corrected chi connectivity index (χ0v) is 33.0. The van der Waals surface area contributed by atoms with Crippen molar-refractivity contribution in [3.05, 3.63) is 235 Å². The van der Waals surface area contributed by atoms with Gasteiger partial charge in [0.1, 0.15) is 11.5 Å². The number of nitrogens with zero attached hydrogens (tertiary/aromatic N) is 3. The summed E-state index contributed by atoms with van der Waals surface area (Å²) < 4.78 is 8.87. The van der Waals surface area contributed by atoms with Crippen molar-refractivity contribution in [2.45, 2.75) is 5.41 Å². The summed E-state index contributed by atoms with van der Waals surface area (Å²) in [5.74, 6) is 2.43. The van der Waals surface area contributed by atoms with Gasteiger partial charge in [-0.2, -0.15) is 0 Å². The van der Waals surface area contributed by atoms with E-state index in [4.69, 9.17) is 14.7 Å². The highest BCUT2D eigenvalue weighted by atomic mass is 16.5. The van der Waals surface area contributed by atoms with Gasteiger partial charge in [0.25, 0.3) is 0 Å². The Kier molecular flexibility index (Phi) is 7.19. The average Bonchev–Trinajstić information content (AvgIpc) is 3.82. The van der Waals surface area contributed by atoms with Crippen LogP contribution in [0.25, 0.3) is 83.3 Å². The number of fused-ring (bicyclic) bond motifs is 13. The second-order valence-corrected chi connectivity index (χ2v) is 16.1. The molecule has 1 aliphatic carbocycles. The monoisotopic (exact) mass is 777 g/mol. The van der Waals surface area contributed by atoms with Crippen molar-refractivity contribution in [3.63, 3.8) is 0 Å². The fourth-order valence-corrected chi connectivity index (χ4v) is 10.2. The van der Waals surface area contributed by atoms with Crippen LogP contribution in [0.15, 0.2) is 212 Å². The number of hydrogen-bond donors (Lipinski definition) is 0. The van der Waals surface area contributed by atoms with Gasteiger partial charge in [-0.15, -0.1) is 0 Å². The Balaban J connectivity index is 0.978. The summed E-state index contributed by atoms with van der Waals surface area (Å²) in [5, 5.41) is 3.39. The van der Waals surface area contributed by atoms with E-state index in [-0.39, 0.29) is 0 Å². The third-order valence-corrected chi connectivity index (χ3v) is 12.9. The molecule has 4 nitrogen and oxygen atoms in total. The molecule has 0 bridgehead atoms. The first-order valence-electron chi connectivity index (χ1n) is 20.8. The molecule has 2 aliphatic rings. The molecule has 3 heterocycles. The summed E-state index contributed by atoms with van der Waals surface area (Å²) >= 11 is 0. The van der Waals surface area contributed by atoms with Gasteiger partial charge < -0.3 is 4.74 Å². The van der Waals surface area contributed by atoms with Gasteiger partial charge in [0.05, 0.1) is 27.7 Å². The van der Waals surface area contributed by atoms with Crippen molar-refractivity contribution in [1.82, 2.24) is 14.5 Å². The zero-order valence-electron chi connectivity index (χ0n) is 33.0. The van der Waals surface area contributed by atoms with Gasteiger partial charge in [-0.25, -0.2) is 9.97 Å². The molecule has 9 aromatic carbocycles. The Morgan fingerprint density at radius 1 is 0.361 bits per heavy atom. The molecule has 11 aromatic rings. The molecule has 0 radical (unpaired) electrons. The molecule has 0 saturated heterocycles. The maximum atomic E-state index is 6.67. The first-order valence-corrected chi connectivity index (χ1v) is 20.8. The number of aromatic nitrogens is 3. The van der Waals surface area contributed by atoms with E-state index < -0.39 is 5.41 Å². The zero-order chi connectivity index (χ0) is 40.1. The van der Waals surface area contributed by atoms with Crippen LogP contribution >= 0.6 is 0 Å². The largest absolute Gasteiger partial charge is 0.457 e. The lowest BCUT2D eigenvalue weighted by Gasteiger charge is -2.39. The molecule has 0 unspecified atom stereocenters. The maximum Gasteiger partial charge on any atom is 0.235 e. The summed E-state index contributed by atoms with van der Waals surface area (Å²) in [6, 6.07) is 76.1. The molecular weight excluding hydrogens is 743 g/mol. The van der Waals surface area contributed by atoms with Crippen molar-refractivity contribution in [1.29, 1.82) is 0 Å². The summed E-state index contributed by atoms with van der Waals surface area (Å²) in [5.41, 5.74) is 16.5. The predicted octanol–water partition coefficient (Wildman–Crippen LogP) is 14.2. The van der Waals surface area contributed by atoms with E-state index in [0.717, 1.165) is 66.9 Å². The summed E-state index contributed by atoms with van der Waals surface area (Å²) in [7, 11) is 0. The van der Waals surface area contributed by atoms with Gasteiger partial charge in [-0.1, -0.05) is 170 Å². The average molecular weight is 778 g/mol. The molecule has 1 spiro atoms. The van der Waals surface area contributed by atoms with Crippen molar-refractivity contribution < 1.29 is 4.74 Å². The third kappa shape index (κ3) is 4.87. The van der Waals surface area contributed by atoms with Crippen LogP contribution in [0.1, 0.15) is 22.3 Å². The smallest absolute Gasteiger partial charge is 0.235 e. The quantitative estimate of drug-likeness (QED) is 0.179. The van der Waals surface area contributed by atoms with E-state index in [2.05, 4.69) is 217 Å². The Morgan fingerprint density at radius 3 is 1.46 bits per heavy atom. The Labute approximate surface area is 352 Å². The molecule has 0 saturated carbocycles. The number of ether oxygens (including phenoxy) is 1. The van der Waals surface area contributed by atoms with Gasteiger partial charge in [0.2, 0.25) is 5.95 Å². The number of rotatable bonds is 4. The van der Waals surface area contributed by atoms with Crippen molar-refractivity contribution in [3.8, 4) is 62.1 Å². The Hall–Kier alpha value is -8.08. The SMILES string of the molecule is c1ccc(-c2ccc3c(c2)C2(c4ccccc4Oc4ccccc42)c2cc(-c4ccc(-c5nc(-n6c7ccccc7c7ccccc76)nc6ccccc56)cc4)ccc2-3)cc1. The van der Waals surface area contributed by atoms with Gasteiger partial charge >= 0.3 is 0 Å². The molecule has 1 aliphatic heterocycles. The minimum Gasteiger partial charge on any atom is -0.457 e. The van der Waals surface area contributed by atoms with Crippen LogP contribution in [0, 0.1) is 0 Å². The number of benzene rings is 9. The van der Waals surface area contributed by atoms with Crippen LogP contribution in [0.5, 0.6) is 11.5 Å². The van der Waals surface area contributed by atoms with Crippen LogP contribution in [-0.2, 0) is 5.41 Å². The lowest BCUT2D eigenvalue weighted by molar-refractivity contribution is 0.436. The maximum absolute atomic E-state index is 6.67. The van der Waals surface area contributed by atoms with Gasteiger partial charge in [-0.3, -0.25) is 4.57 Å². The molecule has 13 rings (SSSR count). The molecule has 61 heavy (non-hydrogen) atoms. The van der Waals surface area contributed by atoms with Crippen LogP contribution in [0.4, 0.5) is 0 Å². The fraction of sp³-hybridized carbons (Fsp3) is 0.0175. The molecule has 0 amide bonds. The van der Waals surface area contributed by atoms with E-state index in [1.165, 1.54) is 44.2 Å². The van der Waals surface area contributed by atoms with Crippen LogP contribution in [-0.4, -0.2) is 14.5 Å². The summed E-state index contributed by atoms with van der Waals surface area (Å²) in [6.07, 6.45) is 0. The van der Waals surface area contributed by atoms with E-state index in [9.17, 15) is 0 Å². The molecule has 0 fully saturated rings. The summed E-state index contributed by atoms with van der Waals surface area (Å²) in [6.45, 7) is 0. The van der Waals surface area contributed by atoms with Gasteiger partial charge in [-0.05, 0) is 87.0 Å². The first-order chi connectivity index (χ1) is 30.2. The van der Waals surface area contributed by atoms with Crippen LogP contribution in [0.3, 0.4) is 0 Å². The molecule has 4 heteroatoms. The predicted molar refractivity (Wildman–Crippen MR) is 248 cm³/mol. The number of para-hydroxylation sites is 5. The lowest BCUT2D eigenvalue weighted by atomic mass is 9.65. The topological polar surface area (TPSA) is 39.9 Å². The first kappa shape index (κ1) is 33.8.